The van der Waals surface area contributed by atoms with Crippen molar-refractivity contribution in [1.29, 1.82) is 0 Å². The van der Waals surface area contributed by atoms with Gasteiger partial charge in [-0.05, 0) is 12.5 Å². The Morgan fingerprint density at radius 3 is 2.58 bits per heavy atom. The van der Waals surface area contributed by atoms with E-state index in [2.05, 4.69) is 5.32 Å². The van der Waals surface area contributed by atoms with Gasteiger partial charge < -0.3 is 15.0 Å². The van der Waals surface area contributed by atoms with Gasteiger partial charge in [-0.3, -0.25) is 0 Å². The van der Waals surface area contributed by atoms with Crippen LogP contribution >= 0.6 is 0 Å². The summed E-state index contributed by atoms with van der Waals surface area (Å²) in [7, 11) is 0. The highest BCUT2D eigenvalue weighted by molar-refractivity contribution is 5.84. The van der Waals surface area contributed by atoms with E-state index in [-0.39, 0.29) is 12.0 Å². The fourth-order valence-electron chi connectivity index (χ4n) is 1.78. The molecular formula is C14H18N2O3. The number of esters is 1. The zero-order valence-corrected chi connectivity index (χ0v) is 11.0. The molecule has 0 bridgehead atoms. The summed E-state index contributed by atoms with van der Waals surface area (Å²) in [5.74, 6) is -0.387. The number of nitrogens with zero attached hydrogens (tertiary/aromatic N) is 1. The quantitative estimate of drug-likeness (QED) is 0.640. The third-order valence-corrected chi connectivity index (χ3v) is 2.89. The SMILES string of the molecule is CCOC(=O)C(Cc1ccccc1)NC(=O)N1CC1. The number of hydrogen-bond donors (Lipinski definition) is 1. The van der Waals surface area contributed by atoms with Crippen LogP contribution in [0.5, 0.6) is 0 Å². The molecule has 0 radical (unpaired) electrons. The van der Waals surface area contributed by atoms with Crippen molar-refractivity contribution in [2.45, 2.75) is 19.4 Å². The van der Waals surface area contributed by atoms with E-state index in [1.165, 1.54) is 0 Å². The molecule has 2 rings (SSSR count). The number of urea groups is 1. The Kier molecular flexibility index (Phi) is 4.39. The Labute approximate surface area is 112 Å². The highest BCUT2D eigenvalue weighted by Gasteiger charge is 2.29. The second kappa shape index (κ2) is 6.22. The van der Waals surface area contributed by atoms with Crippen molar-refractivity contribution < 1.29 is 14.3 Å². The van der Waals surface area contributed by atoms with Crippen molar-refractivity contribution >= 4 is 12.0 Å². The molecule has 1 N–H and O–H groups in total. The Morgan fingerprint density at radius 2 is 2.00 bits per heavy atom. The molecule has 1 aromatic rings. The molecule has 0 aromatic heterocycles. The van der Waals surface area contributed by atoms with Gasteiger partial charge in [0.05, 0.1) is 6.61 Å². The van der Waals surface area contributed by atoms with Crippen LogP contribution in [0.4, 0.5) is 4.79 Å². The van der Waals surface area contributed by atoms with Crippen LogP contribution in [-0.4, -0.2) is 42.6 Å². The molecule has 1 aromatic carbocycles. The predicted molar refractivity (Wildman–Crippen MR) is 70.7 cm³/mol. The van der Waals surface area contributed by atoms with Gasteiger partial charge in [0, 0.05) is 19.5 Å². The van der Waals surface area contributed by atoms with Crippen molar-refractivity contribution in [2.24, 2.45) is 0 Å². The average molecular weight is 262 g/mol. The molecule has 0 aliphatic carbocycles. The van der Waals surface area contributed by atoms with Gasteiger partial charge in [-0.15, -0.1) is 0 Å². The molecule has 19 heavy (non-hydrogen) atoms. The zero-order chi connectivity index (χ0) is 13.7. The minimum Gasteiger partial charge on any atom is -0.464 e. The molecule has 1 atom stereocenters. The van der Waals surface area contributed by atoms with Crippen molar-refractivity contribution in [2.75, 3.05) is 19.7 Å². The molecule has 5 heteroatoms. The molecule has 1 saturated heterocycles. The first-order valence-electron chi connectivity index (χ1n) is 6.46. The summed E-state index contributed by atoms with van der Waals surface area (Å²) in [6.45, 7) is 3.58. The van der Waals surface area contributed by atoms with Crippen LogP contribution in [0.25, 0.3) is 0 Å². The Morgan fingerprint density at radius 1 is 1.32 bits per heavy atom. The lowest BCUT2D eigenvalue weighted by molar-refractivity contribution is -0.145. The number of benzene rings is 1. The lowest BCUT2D eigenvalue weighted by Gasteiger charge is -2.17. The van der Waals surface area contributed by atoms with E-state index in [0.717, 1.165) is 18.7 Å². The highest BCUT2D eigenvalue weighted by Crippen LogP contribution is 2.08. The summed E-state index contributed by atoms with van der Waals surface area (Å²) in [6, 6.07) is 8.75. The standard InChI is InChI=1S/C14H18N2O3/c1-2-19-13(17)12(15-14(18)16-8-9-16)10-11-6-4-3-5-7-11/h3-7,12H,2,8-10H2,1H3,(H,15,18). The largest absolute Gasteiger partial charge is 0.464 e. The minimum atomic E-state index is -0.629. The van der Waals surface area contributed by atoms with E-state index in [1.807, 2.05) is 30.3 Å². The Balaban J connectivity index is 2.00. The summed E-state index contributed by atoms with van der Waals surface area (Å²) in [5, 5.41) is 2.72. The monoisotopic (exact) mass is 262 g/mol. The van der Waals surface area contributed by atoms with Crippen LogP contribution < -0.4 is 5.32 Å². The fourth-order valence-corrected chi connectivity index (χ4v) is 1.78. The highest BCUT2D eigenvalue weighted by atomic mass is 16.5. The Hall–Kier alpha value is -2.04. The number of rotatable bonds is 5. The summed E-state index contributed by atoms with van der Waals surface area (Å²) in [5.41, 5.74) is 0.992. The summed E-state index contributed by atoms with van der Waals surface area (Å²) in [4.78, 5) is 25.2. The second-order valence-corrected chi connectivity index (χ2v) is 4.43. The molecule has 1 aliphatic heterocycles. The van der Waals surface area contributed by atoms with Crippen molar-refractivity contribution in [3.8, 4) is 0 Å². The van der Waals surface area contributed by atoms with Gasteiger partial charge >= 0.3 is 12.0 Å². The molecule has 5 nitrogen and oxygen atoms in total. The van der Waals surface area contributed by atoms with Crippen LogP contribution in [0, 0.1) is 0 Å². The van der Waals surface area contributed by atoms with Gasteiger partial charge in [0.15, 0.2) is 0 Å². The normalized spacial score (nSPS) is 14.7. The zero-order valence-electron chi connectivity index (χ0n) is 11.0. The number of nitrogens with one attached hydrogen (secondary N) is 1. The topological polar surface area (TPSA) is 58.4 Å². The first kappa shape index (κ1) is 13.4. The number of carbonyl (C=O) groups is 2. The van der Waals surface area contributed by atoms with Crippen LogP contribution in [-0.2, 0) is 16.0 Å². The molecule has 1 heterocycles. The van der Waals surface area contributed by atoms with Crippen LogP contribution in [0.1, 0.15) is 12.5 Å². The molecule has 102 valence electrons. The average Bonchev–Trinajstić information content (AvgIpc) is 3.23. The smallest absolute Gasteiger partial charge is 0.329 e. The molecule has 1 aliphatic rings. The lowest BCUT2D eigenvalue weighted by atomic mass is 10.1. The van der Waals surface area contributed by atoms with E-state index >= 15 is 0 Å². The van der Waals surface area contributed by atoms with Crippen LogP contribution in [0.3, 0.4) is 0 Å². The first-order chi connectivity index (χ1) is 9.20. The summed E-state index contributed by atoms with van der Waals surface area (Å²) >= 11 is 0. The molecule has 0 spiro atoms. The van der Waals surface area contributed by atoms with E-state index in [1.54, 1.807) is 11.8 Å². The Bertz CT molecular complexity index is 443. The third-order valence-electron chi connectivity index (χ3n) is 2.89. The fraction of sp³-hybridized carbons (Fsp3) is 0.429. The van der Waals surface area contributed by atoms with Crippen molar-refractivity contribution in [3.05, 3.63) is 35.9 Å². The second-order valence-electron chi connectivity index (χ2n) is 4.43. The molecule has 2 amide bonds. The van der Waals surface area contributed by atoms with Gasteiger partial charge in [-0.1, -0.05) is 30.3 Å². The van der Waals surface area contributed by atoms with Gasteiger partial charge in [-0.25, -0.2) is 9.59 Å². The predicted octanol–water partition coefficient (Wildman–Crippen LogP) is 1.19. The minimum absolute atomic E-state index is 0.200. The van der Waals surface area contributed by atoms with Gasteiger partial charge in [0.2, 0.25) is 0 Å². The number of carbonyl (C=O) groups excluding carboxylic acids is 2. The number of amides is 2. The van der Waals surface area contributed by atoms with E-state index in [0.29, 0.717) is 13.0 Å². The molecule has 0 saturated carbocycles. The van der Waals surface area contributed by atoms with E-state index in [9.17, 15) is 9.59 Å². The van der Waals surface area contributed by atoms with Crippen LogP contribution in [0.15, 0.2) is 30.3 Å². The molecular weight excluding hydrogens is 244 g/mol. The van der Waals surface area contributed by atoms with Gasteiger partial charge in [-0.2, -0.15) is 0 Å². The van der Waals surface area contributed by atoms with Crippen molar-refractivity contribution in [1.82, 2.24) is 10.2 Å². The van der Waals surface area contributed by atoms with E-state index < -0.39 is 6.04 Å². The number of hydrogen-bond acceptors (Lipinski definition) is 3. The molecule has 1 fully saturated rings. The van der Waals surface area contributed by atoms with E-state index in [4.69, 9.17) is 4.74 Å². The maximum atomic E-state index is 11.9. The summed E-state index contributed by atoms with van der Waals surface area (Å²) in [6.07, 6.45) is 0.444. The lowest BCUT2D eigenvalue weighted by Crippen LogP contribution is -2.45. The molecule has 1 unspecified atom stereocenters. The third kappa shape index (κ3) is 3.98. The van der Waals surface area contributed by atoms with Crippen LogP contribution in [0.2, 0.25) is 0 Å². The summed E-state index contributed by atoms with van der Waals surface area (Å²) < 4.78 is 5.01. The maximum absolute atomic E-state index is 11.9. The van der Waals surface area contributed by atoms with Gasteiger partial charge in [0.1, 0.15) is 6.04 Å². The number of ether oxygens (including phenoxy) is 1. The maximum Gasteiger partial charge on any atom is 0.329 e. The first-order valence-corrected chi connectivity index (χ1v) is 6.46. The van der Waals surface area contributed by atoms with Gasteiger partial charge in [0.25, 0.3) is 0 Å². The van der Waals surface area contributed by atoms with Crippen molar-refractivity contribution in [3.63, 3.8) is 0 Å².